The number of rotatable bonds is 9. The number of benzene rings is 2. The van der Waals surface area contributed by atoms with Crippen LogP contribution in [-0.4, -0.2) is 35.1 Å². The molecule has 0 heterocycles. The van der Waals surface area contributed by atoms with Crippen molar-refractivity contribution in [1.29, 1.82) is 0 Å². The highest BCUT2D eigenvalue weighted by molar-refractivity contribution is 8.00. The number of carbonyl (C=O) groups is 2. The number of nitrogens with zero attached hydrogens (tertiary/aromatic N) is 1. The monoisotopic (exact) mass is 452 g/mol. The molecule has 2 rings (SSSR count). The molecule has 7 heteroatoms. The van der Waals surface area contributed by atoms with Gasteiger partial charge in [-0.1, -0.05) is 61.3 Å². The lowest BCUT2D eigenvalue weighted by molar-refractivity contribution is -0.138. The van der Waals surface area contributed by atoms with Gasteiger partial charge in [-0.3, -0.25) is 9.59 Å². The molecule has 2 aromatic rings. The zero-order valence-corrected chi connectivity index (χ0v) is 19.2. The zero-order chi connectivity index (χ0) is 21.4. The lowest BCUT2D eigenvalue weighted by Crippen LogP contribution is -2.48. The molecule has 2 amide bonds. The van der Waals surface area contributed by atoms with Crippen molar-refractivity contribution in [2.75, 3.05) is 12.3 Å². The Morgan fingerprint density at radius 2 is 1.72 bits per heavy atom. The summed E-state index contributed by atoms with van der Waals surface area (Å²) in [5, 5.41) is 3.79. The van der Waals surface area contributed by atoms with E-state index in [2.05, 4.69) is 5.32 Å². The van der Waals surface area contributed by atoms with Crippen molar-refractivity contribution in [3.63, 3.8) is 0 Å². The summed E-state index contributed by atoms with van der Waals surface area (Å²) in [6, 6.07) is 14.4. The molecule has 0 saturated carbocycles. The van der Waals surface area contributed by atoms with E-state index in [-0.39, 0.29) is 24.1 Å². The molecule has 2 aromatic carbocycles. The van der Waals surface area contributed by atoms with Gasteiger partial charge in [0.25, 0.3) is 0 Å². The summed E-state index contributed by atoms with van der Waals surface area (Å²) < 4.78 is 0. The summed E-state index contributed by atoms with van der Waals surface area (Å²) in [7, 11) is 0. The van der Waals surface area contributed by atoms with Crippen LogP contribution in [0.25, 0.3) is 0 Å². The second-order valence-corrected chi connectivity index (χ2v) is 9.05. The van der Waals surface area contributed by atoms with E-state index in [4.69, 9.17) is 23.2 Å². The quantitative estimate of drug-likeness (QED) is 0.526. The molecule has 156 valence electrons. The lowest BCUT2D eigenvalue weighted by atomic mass is 10.1. The molecular formula is C22H26Cl2N2O2S. The van der Waals surface area contributed by atoms with Gasteiger partial charge >= 0.3 is 0 Å². The van der Waals surface area contributed by atoms with Gasteiger partial charge in [0.1, 0.15) is 6.04 Å². The van der Waals surface area contributed by atoms with Gasteiger partial charge in [0.2, 0.25) is 11.8 Å². The normalized spacial score (nSPS) is 11.9. The molecule has 4 nitrogen and oxygen atoms in total. The molecule has 0 spiro atoms. The Hall–Kier alpha value is -1.69. The van der Waals surface area contributed by atoms with Gasteiger partial charge in [-0.25, -0.2) is 0 Å². The Morgan fingerprint density at radius 3 is 2.34 bits per heavy atom. The van der Waals surface area contributed by atoms with Crippen LogP contribution in [0.15, 0.2) is 53.4 Å². The average molecular weight is 453 g/mol. The van der Waals surface area contributed by atoms with Crippen LogP contribution in [0.3, 0.4) is 0 Å². The highest BCUT2D eigenvalue weighted by Gasteiger charge is 2.26. The van der Waals surface area contributed by atoms with Gasteiger partial charge in [0, 0.05) is 18.0 Å². The fourth-order valence-corrected chi connectivity index (χ4v) is 3.74. The standard InChI is InChI=1S/C22H26Cl2N2O2S/c1-15(2)12-25-22(28)16(3)26(13-17-9-10-19(23)20(24)11-17)21(27)14-29-18-7-5-4-6-8-18/h4-11,15-16H,12-14H2,1-3H3,(H,25,28)/t16-/m1/s1. The third kappa shape index (κ3) is 7.57. The predicted molar refractivity (Wildman–Crippen MR) is 121 cm³/mol. The van der Waals surface area contributed by atoms with Gasteiger partial charge in [-0.15, -0.1) is 11.8 Å². The zero-order valence-electron chi connectivity index (χ0n) is 16.8. The van der Waals surface area contributed by atoms with Crippen molar-refractivity contribution in [2.45, 2.75) is 38.3 Å². The molecule has 0 unspecified atom stereocenters. The number of thioether (sulfide) groups is 1. The second-order valence-electron chi connectivity index (χ2n) is 7.19. The first kappa shape index (κ1) is 23.6. The lowest BCUT2D eigenvalue weighted by Gasteiger charge is -2.29. The average Bonchev–Trinajstić information content (AvgIpc) is 2.71. The first-order valence-electron chi connectivity index (χ1n) is 9.47. The third-order valence-electron chi connectivity index (χ3n) is 4.29. The van der Waals surface area contributed by atoms with Crippen molar-refractivity contribution >= 4 is 46.8 Å². The van der Waals surface area contributed by atoms with Crippen LogP contribution < -0.4 is 5.32 Å². The topological polar surface area (TPSA) is 49.4 Å². The van der Waals surface area contributed by atoms with E-state index in [1.165, 1.54) is 11.8 Å². The number of nitrogens with one attached hydrogen (secondary N) is 1. The Labute approximate surface area is 187 Å². The second kappa shape index (κ2) is 11.5. The highest BCUT2D eigenvalue weighted by atomic mass is 35.5. The minimum Gasteiger partial charge on any atom is -0.354 e. The summed E-state index contributed by atoms with van der Waals surface area (Å²) in [4.78, 5) is 28.2. The molecule has 0 aliphatic heterocycles. The van der Waals surface area contributed by atoms with Crippen molar-refractivity contribution in [3.05, 3.63) is 64.1 Å². The maximum Gasteiger partial charge on any atom is 0.242 e. The number of amides is 2. The van der Waals surface area contributed by atoms with E-state index in [0.29, 0.717) is 22.5 Å². The molecule has 0 bridgehead atoms. The van der Waals surface area contributed by atoms with E-state index in [0.717, 1.165) is 10.5 Å². The predicted octanol–water partition coefficient (Wildman–Crippen LogP) is 5.28. The molecule has 1 N–H and O–H groups in total. The van der Waals surface area contributed by atoms with Crippen molar-refractivity contribution < 1.29 is 9.59 Å². The van der Waals surface area contributed by atoms with Crippen molar-refractivity contribution in [3.8, 4) is 0 Å². The van der Waals surface area contributed by atoms with Crippen LogP contribution in [0.5, 0.6) is 0 Å². The minimum absolute atomic E-state index is 0.114. The molecule has 0 radical (unpaired) electrons. The summed E-state index contributed by atoms with van der Waals surface area (Å²) in [5.74, 6) is 0.292. The van der Waals surface area contributed by atoms with Gasteiger partial charge in [0.05, 0.1) is 15.8 Å². The number of halogens is 2. The van der Waals surface area contributed by atoms with Crippen LogP contribution in [0.2, 0.25) is 10.0 Å². The van der Waals surface area contributed by atoms with Gasteiger partial charge in [0.15, 0.2) is 0 Å². The number of hydrogen-bond donors (Lipinski definition) is 1. The van der Waals surface area contributed by atoms with Crippen LogP contribution in [-0.2, 0) is 16.1 Å². The van der Waals surface area contributed by atoms with E-state index in [1.807, 2.05) is 50.2 Å². The summed E-state index contributed by atoms with van der Waals surface area (Å²) >= 11 is 13.6. The van der Waals surface area contributed by atoms with Crippen molar-refractivity contribution in [1.82, 2.24) is 10.2 Å². The molecule has 0 aromatic heterocycles. The highest BCUT2D eigenvalue weighted by Crippen LogP contribution is 2.24. The molecule has 0 aliphatic rings. The maximum atomic E-state index is 13.0. The molecular weight excluding hydrogens is 427 g/mol. The minimum atomic E-state index is -0.605. The van der Waals surface area contributed by atoms with E-state index >= 15 is 0 Å². The summed E-state index contributed by atoms with van der Waals surface area (Å²) in [6.07, 6.45) is 0. The molecule has 0 aliphatic carbocycles. The Kier molecular flexibility index (Phi) is 9.34. The Morgan fingerprint density at radius 1 is 1.03 bits per heavy atom. The molecule has 1 atom stereocenters. The van der Waals surface area contributed by atoms with Crippen LogP contribution in [0, 0.1) is 5.92 Å². The fraction of sp³-hybridized carbons (Fsp3) is 0.364. The summed E-state index contributed by atoms with van der Waals surface area (Å²) in [6.45, 7) is 6.65. The molecule has 0 fully saturated rings. The third-order valence-corrected chi connectivity index (χ3v) is 6.03. The molecule has 0 saturated heterocycles. The van der Waals surface area contributed by atoms with Gasteiger partial charge in [-0.2, -0.15) is 0 Å². The van der Waals surface area contributed by atoms with Crippen LogP contribution in [0.1, 0.15) is 26.3 Å². The van der Waals surface area contributed by atoms with Gasteiger partial charge in [-0.05, 0) is 42.7 Å². The SMILES string of the molecule is CC(C)CNC(=O)[C@@H](C)N(Cc1ccc(Cl)c(Cl)c1)C(=O)CSc1ccccc1. The first-order valence-corrected chi connectivity index (χ1v) is 11.2. The van der Waals surface area contributed by atoms with Gasteiger partial charge < -0.3 is 10.2 Å². The Bertz CT molecular complexity index is 831. The fourth-order valence-electron chi connectivity index (χ4n) is 2.61. The van der Waals surface area contributed by atoms with E-state index in [1.54, 1.807) is 24.0 Å². The summed E-state index contributed by atoms with van der Waals surface area (Å²) in [5.41, 5.74) is 0.820. The first-order chi connectivity index (χ1) is 13.8. The maximum absolute atomic E-state index is 13.0. The van der Waals surface area contributed by atoms with Crippen molar-refractivity contribution in [2.24, 2.45) is 5.92 Å². The van der Waals surface area contributed by atoms with E-state index in [9.17, 15) is 9.59 Å². The van der Waals surface area contributed by atoms with Crippen LogP contribution in [0.4, 0.5) is 0 Å². The molecule has 29 heavy (non-hydrogen) atoms. The Balaban J connectivity index is 2.15. The number of hydrogen-bond acceptors (Lipinski definition) is 3. The number of carbonyl (C=O) groups excluding carboxylic acids is 2. The largest absolute Gasteiger partial charge is 0.354 e. The smallest absolute Gasteiger partial charge is 0.242 e. The van der Waals surface area contributed by atoms with E-state index < -0.39 is 6.04 Å². The van der Waals surface area contributed by atoms with Crippen LogP contribution >= 0.6 is 35.0 Å².